The second-order valence-corrected chi connectivity index (χ2v) is 4.77. The monoisotopic (exact) mass is 243 g/mol. The minimum Gasteiger partial charge on any atom is -0.481 e. The molecule has 0 spiro atoms. The van der Waals surface area contributed by atoms with Crippen LogP contribution in [0, 0.1) is 0 Å². The van der Waals surface area contributed by atoms with Crippen molar-refractivity contribution in [3.63, 3.8) is 0 Å². The van der Waals surface area contributed by atoms with E-state index in [1.54, 1.807) is 6.20 Å². The third kappa shape index (κ3) is 1.90. The lowest BCUT2D eigenvalue weighted by atomic mass is 9.92. The minimum atomic E-state index is -0.732. The highest BCUT2D eigenvalue weighted by Gasteiger charge is 2.45. The van der Waals surface area contributed by atoms with E-state index >= 15 is 0 Å². The summed E-state index contributed by atoms with van der Waals surface area (Å²) in [6, 6.07) is 7.83. The largest absolute Gasteiger partial charge is 0.481 e. The number of aliphatic carboxylic acids is 1. The fourth-order valence-corrected chi connectivity index (χ4v) is 2.34. The molecular formula is C14H13NO3. The van der Waals surface area contributed by atoms with Crippen LogP contribution in [0.2, 0.25) is 0 Å². The average Bonchev–Trinajstić information content (AvgIpc) is 2.93. The van der Waals surface area contributed by atoms with Crippen molar-refractivity contribution < 1.29 is 14.3 Å². The first-order valence-electron chi connectivity index (χ1n) is 5.92. The quantitative estimate of drug-likeness (QED) is 0.896. The fraction of sp³-hybridized carbons (Fsp3) is 0.286. The molecule has 1 saturated carbocycles. The summed E-state index contributed by atoms with van der Waals surface area (Å²) in [6.45, 7) is 0. The van der Waals surface area contributed by atoms with Crippen LogP contribution in [0.25, 0.3) is 11.5 Å². The molecule has 4 heteroatoms. The molecule has 0 atom stereocenters. The van der Waals surface area contributed by atoms with Crippen LogP contribution in [0.5, 0.6) is 0 Å². The highest BCUT2D eigenvalue weighted by molar-refractivity contribution is 5.70. The number of aromatic nitrogens is 1. The molecule has 0 unspecified atom stereocenters. The number of rotatable bonds is 4. The normalized spacial score (nSPS) is 16.4. The van der Waals surface area contributed by atoms with Crippen molar-refractivity contribution in [2.75, 3.05) is 0 Å². The molecule has 1 aromatic heterocycles. The molecular weight excluding hydrogens is 230 g/mol. The number of hydrogen-bond donors (Lipinski definition) is 1. The highest BCUT2D eigenvalue weighted by Crippen LogP contribution is 2.51. The molecule has 0 radical (unpaired) electrons. The molecule has 1 aliphatic rings. The molecule has 0 saturated heterocycles. The first-order valence-corrected chi connectivity index (χ1v) is 5.92. The van der Waals surface area contributed by atoms with Gasteiger partial charge in [-0.3, -0.25) is 4.79 Å². The lowest BCUT2D eigenvalue weighted by Gasteiger charge is -2.12. The summed E-state index contributed by atoms with van der Waals surface area (Å²) in [5, 5.41) is 8.93. The van der Waals surface area contributed by atoms with Crippen molar-refractivity contribution in [1.29, 1.82) is 0 Å². The van der Waals surface area contributed by atoms with Crippen LogP contribution in [0.4, 0.5) is 0 Å². The van der Waals surface area contributed by atoms with E-state index in [0.29, 0.717) is 5.89 Å². The lowest BCUT2D eigenvalue weighted by molar-refractivity contribution is -0.137. The van der Waals surface area contributed by atoms with Gasteiger partial charge in [0.25, 0.3) is 0 Å². The molecule has 4 nitrogen and oxygen atoms in total. The second-order valence-electron chi connectivity index (χ2n) is 4.77. The van der Waals surface area contributed by atoms with Crippen LogP contribution in [-0.4, -0.2) is 16.1 Å². The van der Waals surface area contributed by atoms with Crippen LogP contribution in [0.3, 0.4) is 0 Å². The van der Waals surface area contributed by atoms with Gasteiger partial charge < -0.3 is 9.52 Å². The number of carboxylic acid groups (broad SMARTS) is 1. The first-order chi connectivity index (χ1) is 8.70. The number of oxazole rings is 1. The van der Waals surface area contributed by atoms with Crippen molar-refractivity contribution in [2.45, 2.75) is 24.7 Å². The summed E-state index contributed by atoms with van der Waals surface area (Å²) in [4.78, 5) is 14.9. The maximum Gasteiger partial charge on any atom is 0.304 e. The highest BCUT2D eigenvalue weighted by atomic mass is 16.4. The summed E-state index contributed by atoms with van der Waals surface area (Å²) >= 11 is 0. The van der Waals surface area contributed by atoms with Gasteiger partial charge in [-0.25, -0.2) is 4.98 Å². The standard InChI is InChI=1S/C14H13NO3/c16-12(17)9-14(5-6-14)11-3-1-10(2-4-11)13-15-7-8-18-13/h1-4,7-8H,5-6,9H2,(H,16,17). The van der Waals surface area contributed by atoms with Gasteiger partial charge in [0.05, 0.1) is 12.6 Å². The topological polar surface area (TPSA) is 63.3 Å². The first kappa shape index (κ1) is 11.0. The Balaban J connectivity index is 1.86. The Bertz CT molecular complexity index is 553. The molecule has 3 rings (SSSR count). The van der Waals surface area contributed by atoms with E-state index in [9.17, 15) is 4.79 Å². The third-order valence-corrected chi connectivity index (χ3v) is 3.52. The molecule has 1 aromatic carbocycles. The maximum absolute atomic E-state index is 10.9. The van der Waals surface area contributed by atoms with Gasteiger partial charge in [-0.2, -0.15) is 0 Å². The second kappa shape index (κ2) is 3.98. The van der Waals surface area contributed by atoms with Crippen LogP contribution in [0.15, 0.2) is 41.1 Å². The number of carbonyl (C=O) groups is 1. The van der Waals surface area contributed by atoms with Gasteiger partial charge >= 0.3 is 5.97 Å². The van der Waals surface area contributed by atoms with Gasteiger partial charge in [0.1, 0.15) is 6.26 Å². The van der Waals surface area contributed by atoms with E-state index in [1.165, 1.54) is 6.26 Å². The van der Waals surface area contributed by atoms with E-state index in [-0.39, 0.29) is 11.8 Å². The SMILES string of the molecule is O=C(O)CC1(c2ccc(-c3ncco3)cc2)CC1. The molecule has 1 fully saturated rings. The molecule has 1 aliphatic carbocycles. The van der Waals surface area contributed by atoms with Crippen molar-refractivity contribution in [2.24, 2.45) is 0 Å². The number of benzene rings is 1. The van der Waals surface area contributed by atoms with E-state index < -0.39 is 5.97 Å². The fourth-order valence-electron chi connectivity index (χ4n) is 2.34. The van der Waals surface area contributed by atoms with Gasteiger partial charge in [-0.1, -0.05) is 12.1 Å². The van der Waals surface area contributed by atoms with Crippen LogP contribution in [-0.2, 0) is 10.2 Å². The van der Waals surface area contributed by atoms with Crippen molar-refractivity contribution in [3.8, 4) is 11.5 Å². The Hall–Kier alpha value is -2.10. The van der Waals surface area contributed by atoms with E-state index in [2.05, 4.69) is 4.98 Å². The minimum absolute atomic E-state index is 0.138. The molecule has 92 valence electrons. The van der Waals surface area contributed by atoms with Crippen molar-refractivity contribution in [1.82, 2.24) is 4.98 Å². The summed E-state index contributed by atoms with van der Waals surface area (Å²) in [5.74, 6) is -0.145. The molecule has 1 N–H and O–H groups in total. The van der Waals surface area contributed by atoms with Crippen molar-refractivity contribution in [3.05, 3.63) is 42.3 Å². The van der Waals surface area contributed by atoms with Gasteiger partial charge in [-0.05, 0) is 30.5 Å². The molecule has 2 aromatic rings. The molecule has 1 heterocycles. The predicted octanol–water partition coefficient (Wildman–Crippen LogP) is 2.85. The molecule has 0 amide bonds. The number of hydrogen-bond acceptors (Lipinski definition) is 3. The van der Waals surface area contributed by atoms with Crippen LogP contribution < -0.4 is 0 Å². The Morgan fingerprint density at radius 1 is 1.33 bits per heavy atom. The summed E-state index contributed by atoms with van der Waals surface area (Å²) in [6.07, 6.45) is 5.27. The third-order valence-electron chi connectivity index (χ3n) is 3.52. The molecule has 18 heavy (non-hydrogen) atoms. The van der Waals surface area contributed by atoms with E-state index in [4.69, 9.17) is 9.52 Å². The Labute approximate surface area is 104 Å². The Kier molecular flexibility index (Phi) is 2.44. The Morgan fingerprint density at radius 2 is 2.06 bits per heavy atom. The number of nitrogens with zero attached hydrogens (tertiary/aromatic N) is 1. The Morgan fingerprint density at radius 3 is 2.56 bits per heavy atom. The van der Waals surface area contributed by atoms with E-state index in [1.807, 2.05) is 24.3 Å². The zero-order valence-electron chi connectivity index (χ0n) is 9.80. The van der Waals surface area contributed by atoms with Gasteiger partial charge in [0, 0.05) is 11.0 Å². The zero-order valence-corrected chi connectivity index (χ0v) is 9.80. The predicted molar refractivity (Wildman–Crippen MR) is 65.1 cm³/mol. The smallest absolute Gasteiger partial charge is 0.304 e. The molecule has 0 aliphatic heterocycles. The number of carboxylic acids is 1. The van der Waals surface area contributed by atoms with Gasteiger partial charge in [0.2, 0.25) is 5.89 Å². The van der Waals surface area contributed by atoms with E-state index in [0.717, 1.165) is 24.0 Å². The summed E-state index contributed by atoms with van der Waals surface area (Å²) < 4.78 is 5.22. The average molecular weight is 243 g/mol. The maximum atomic E-state index is 10.9. The summed E-state index contributed by atoms with van der Waals surface area (Å²) in [7, 11) is 0. The summed E-state index contributed by atoms with van der Waals surface area (Å²) in [5.41, 5.74) is 1.87. The lowest BCUT2D eigenvalue weighted by Crippen LogP contribution is -2.12. The zero-order chi connectivity index (χ0) is 12.6. The van der Waals surface area contributed by atoms with Gasteiger partial charge in [-0.15, -0.1) is 0 Å². The molecule has 0 bridgehead atoms. The van der Waals surface area contributed by atoms with Crippen LogP contribution >= 0.6 is 0 Å². The van der Waals surface area contributed by atoms with Gasteiger partial charge in [0.15, 0.2) is 0 Å². The van der Waals surface area contributed by atoms with Crippen LogP contribution in [0.1, 0.15) is 24.8 Å². The van der Waals surface area contributed by atoms with Crippen molar-refractivity contribution >= 4 is 5.97 Å².